The van der Waals surface area contributed by atoms with E-state index in [2.05, 4.69) is 4.99 Å². The lowest BCUT2D eigenvalue weighted by Crippen LogP contribution is -2.45. The number of hydrogen-bond donors (Lipinski definition) is 2. The molecular weight excluding hydrogens is 463 g/mol. The van der Waals surface area contributed by atoms with Gasteiger partial charge in [-0.1, -0.05) is 37.6 Å². The molecule has 8 nitrogen and oxygen atoms in total. The molecule has 0 bridgehead atoms. The molecule has 3 atom stereocenters. The molecule has 0 saturated carbocycles. The van der Waals surface area contributed by atoms with Crippen LogP contribution in [0.15, 0.2) is 29.3 Å². The molecule has 1 heterocycles. The minimum absolute atomic E-state index is 0.0606. The van der Waals surface area contributed by atoms with Gasteiger partial charge in [-0.15, -0.1) is 0 Å². The number of ketones is 3. The van der Waals surface area contributed by atoms with Gasteiger partial charge >= 0.3 is 0 Å². The Kier molecular flexibility index (Phi) is 11.2. The summed E-state index contributed by atoms with van der Waals surface area (Å²) >= 11 is 0. The lowest BCUT2D eigenvalue weighted by atomic mass is 9.86. The number of alkyl halides is 1. The normalized spacial score (nSPS) is 17.0. The number of carbonyl (C=O) groups excluding carboxylic acids is 4. The standard InChI is InChI=1S/C27H39FN4O4/c1-17(2)21(15-23(33)19-8-4-7-18(3)13-19)26(36)32-12-6-10-22(32)24(34)14-20(25(35)16-28)9-5-11-31-27(29)30/h4,7-8,13,17,20-22H,5-6,9-12,14-16H2,1-3H3,(H4,29,30,31)/t20-,21+,22+/m1/s1. The van der Waals surface area contributed by atoms with Gasteiger partial charge in [0.2, 0.25) is 5.91 Å². The van der Waals surface area contributed by atoms with Crippen molar-refractivity contribution >= 4 is 29.2 Å². The summed E-state index contributed by atoms with van der Waals surface area (Å²) in [5.74, 6) is -2.72. The third-order valence-corrected chi connectivity index (χ3v) is 6.81. The maximum absolute atomic E-state index is 13.5. The summed E-state index contributed by atoms with van der Waals surface area (Å²) in [6, 6.07) is 6.61. The summed E-state index contributed by atoms with van der Waals surface area (Å²) in [5, 5.41) is 0. The lowest BCUT2D eigenvalue weighted by molar-refractivity contribution is -0.142. The predicted molar refractivity (Wildman–Crippen MR) is 137 cm³/mol. The van der Waals surface area contributed by atoms with Crippen molar-refractivity contribution in [2.45, 2.75) is 65.3 Å². The molecule has 9 heteroatoms. The Balaban J connectivity index is 2.10. The number of aliphatic imine (C=N–C) groups is 1. The third-order valence-electron chi connectivity index (χ3n) is 6.81. The van der Waals surface area contributed by atoms with Gasteiger partial charge < -0.3 is 16.4 Å². The molecule has 1 aliphatic rings. The van der Waals surface area contributed by atoms with E-state index in [0.29, 0.717) is 31.4 Å². The van der Waals surface area contributed by atoms with E-state index < -0.39 is 30.3 Å². The molecule has 1 saturated heterocycles. The summed E-state index contributed by atoms with van der Waals surface area (Å²) in [4.78, 5) is 57.3. The van der Waals surface area contributed by atoms with Crippen LogP contribution in [-0.2, 0) is 14.4 Å². The van der Waals surface area contributed by atoms with Crippen LogP contribution in [0.3, 0.4) is 0 Å². The third kappa shape index (κ3) is 8.24. The average molecular weight is 503 g/mol. The number of benzene rings is 1. The lowest BCUT2D eigenvalue weighted by Gasteiger charge is -2.30. The Morgan fingerprint density at radius 1 is 1.17 bits per heavy atom. The molecule has 1 aromatic carbocycles. The molecule has 36 heavy (non-hydrogen) atoms. The van der Waals surface area contributed by atoms with E-state index in [4.69, 9.17) is 11.5 Å². The van der Waals surface area contributed by atoms with Crippen LogP contribution >= 0.6 is 0 Å². The van der Waals surface area contributed by atoms with Gasteiger partial charge in [-0.25, -0.2) is 4.39 Å². The molecule has 198 valence electrons. The number of carbonyl (C=O) groups is 4. The zero-order valence-electron chi connectivity index (χ0n) is 21.5. The number of aryl methyl sites for hydroxylation is 1. The van der Waals surface area contributed by atoms with Crippen LogP contribution < -0.4 is 11.5 Å². The monoisotopic (exact) mass is 502 g/mol. The summed E-state index contributed by atoms with van der Waals surface area (Å²) in [7, 11) is 0. The Hall–Kier alpha value is -3.10. The molecule has 0 spiro atoms. The zero-order valence-corrected chi connectivity index (χ0v) is 21.5. The highest BCUT2D eigenvalue weighted by Gasteiger charge is 2.39. The maximum Gasteiger partial charge on any atom is 0.227 e. The van der Waals surface area contributed by atoms with Crippen molar-refractivity contribution in [2.24, 2.45) is 34.2 Å². The van der Waals surface area contributed by atoms with E-state index >= 15 is 0 Å². The van der Waals surface area contributed by atoms with Crippen LogP contribution in [0.5, 0.6) is 0 Å². The number of halogens is 1. The second kappa shape index (κ2) is 13.8. The smallest absolute Gasteiger partial charge is 0.227 e. The van der Waals surface area contributed by atoms with E-state index in [-0.39, 0.29) is 55.2 Å². The van der Waals surface area contributed by atoms with Crippen molar-refractivity contribution in [1.29, 1.82) is 0 Å². The van der Waals surface area contributed by atoms with Gasteiger partial charge in [-0.2, -0.15) is 0 Å². The molecule has 0 aromatic heterocycles. The number of rotatable bonds is 14. The minimum Gasteiger partial charge on any atom is -0.370 e. The van der Waals surface area contributed by atoms with Crippen molar-refractivity contribution in [3.8, 4) is 0 Å². The van der Waals surface area contributed by atoms with Crippen LogP contribution in [0.2, 0.25) is 0 Å². The Morgan fingerprint density at radius 3 is 2.50 bits per heavy atom. The topological polar surface area (TPSA) is 136 Å². The van der Waals surface area contributed by atoms with E-state index in [0.717, 1.165) is 5.56 Å². The van der Waals surface area contributed by atoms with Gasteiger partial charge in [0.1, 0.15) is 6.67 Å². The van der Waals surface area contributed by atoms with E-state index in [1.165, 1.54) is 0 Å². The second-order valence-corrected chi connectivity index (χ2v) is 9.95. The first-order valence-corrected chi connectivity index (χ1v) is 12.6. The average Bonchev–Trinajstić information content (AvgIpc) is 3.33. The van der Waals surface area contributed by atoms with E-state index in [9.17, 15) is 23.6 Å². The van der Waals surface area contributed by atoms with E-state index in [1.807, 2.05) is 39.0 Å². The first-order valence-electron chi connectivity index (χ1n) is 12.6. The molecule has 1 amide bonds. The van der Waals surface area contributed by atoms with Gasteiger partial charge in [0.05, 0.1) is 6.04 Å². The highest BCUT2D eigenvalue weighted by atomic mass is 19.1. The van der Waals surface area contributed by atoms with Gasteiger partial charge in [-0.05, 0) is 44.6 Å². The van der Waals surface area contributed by atoms with Crippen molar-refractivity contribution < 1.29 is 23.6 Å². The fraction of sp³-hybridized carbons (Fsp3) is 0.593. The van der Waals surface area contributed by atoms with Crippen LogP contribution in [0.4, 0.5) is 4.39 Å². The molecule has 0 radical (unpaired) electrons. The summed E-state index contributed by atoms with van der Waals surface area (Å²) < 4.78 is 13.2. The van der Waals surface area contributed by atoms with Crippen molar-refractivity contribution in [1.82, 2.24) is 4.90 Å². The number of guanidine groups is 1. The first kappa shape index (κ1) is 29.1. The van der Waals surface area contributed by atoms with Gasteiger partial charge in [0.15, 0.2) is 23.3 Å². The Bertz CT molecular complexity index is 974. The Morgan fingerprint density at radius 2 is 1.89 bits per heavy atom. The van der Waals surface area contributed by atoms with Gasteiger partial charge in [0.25, 0.3) is 0 Å². The largest absolute Gasteiger partial charge is 0.370 e. The number of amides is 1. The highest BCUT2D eigenvalue weighted by Crippen LogP contribution is 2.28. The highest BCUT2D eigenvalue weighted by molar-refractivity contribution is 6.00. The number of likely N-dealkylation sites (tertiary alicyclic amines) is 1. The molecule has 0 aliphatic carbocycles. The quantitative estimate of drug-likeness (QED) is 0.174. The first-order chi connectivity index (χ1) is 17.0. The van der Waals surface area contributed by atoms with E-state index in [1.54, 1.807) is 11.0 Å². The number of nitrogens with two attached hydrogens (primary N) is 2. The summed E-state index contributed by atoms with van der Waals surface area (Å²) in [6.45, 7) is 5.25. The van der Waals surface area contributed by atoms with Crippen LogP contribution in [-0.4, -0.2) is 59.9 Å². The van der Waals surface area contributed by atoms with Crippen molar-refractivity contribution in [3.05, 3.63) is 35.4 Å². The Labute approximate surface area is 212 Å². The fourth-order valence-corrected chi connectivity index (χ4v) is 4.73. The zero-order chi connectivity index (χ0) is 26.8. The molecule has 1 aromatic rings. The van der Waals surface area contributed by atoms with Gasteiger partial charge in [0, 0.05) is 43.3 Å². The summed E-state index contributed by atoms with van der Waals surface area (Å²) in [5.41, 5.74) is 12.1. The molecule has 4 N–H and O–H groups in total. The van der Waals surface area contributed by atoms with Crippen LogP contribution in [0, 0.1) is 24.7 Å². The summed E-state index contributed by atoms with van der Waals surface area (Å²) in [6.07, 6.45) is 1.80. The van der Waals surface area contributed by atoms with Crippen molar-refractivity contribution in [3.63, 3.8) is 0 Å². The SMILES string of the molecule is Cc1cccc(C(=O)C[C@H](C(=O)N2CCC[C@H]2C(=O)C[C@@H](CCCN=C(N)N)C(=O)CF)C(C)C)c1. The molecular formula is C27H39FN4O4. The minimum atomic E-state index is -1.15. The van der Waals surface area contributed by atoms with Gasteiger partial charge in [-0.3, -0.25) is 24.2 Å². The van der Waals surface area contributed by atoms with Crippen LogP contribution in [0.1, 0.15) is 68.3 Å². The predicted octanol–water partition coefficient (Wildman–Crippen LogP) is 3.00. The number of hydrogen-bond acceptors (Lipinski definition) is 5. The van der Waals surface area contributed by atoms with Crippen LogP contribution in [0.25, 0.3) is 0 Å². The number of nitrogens with zero attached hydrogens (tertiary/aromatic N) is 2. The molecule has 2 rings (SSSR count). The number of Topliss-reactive ketones (excluding diaryl/α,β-unsaturated/α-hetero) is 3. The molecule has 0 unspecified atom stereocenters. The van der Waals surface area contributed by atoms with Crippen molar-refractivity contribution in [2.75, 3.05) is 19.8 Å². The second-order valence-electron chi connectivity index (χ2n) is 9.95. The molecule has 1 aliphatic heterocycles. The maximum atomic E-state index is 13.5. The molecule has 1 fully saturated rings. The fourth-order valence-electron chi connectivity index (χ4n) is 4.73.